The molecule has 12 rings (SSSR count). The van der Waals surface area contributed by atoms with Crippen molar-refractivity contribution in [3.63, 3.8) is 0 Å². The largest absolute Gasteiger partial charge is 0.372 e. The van der Waals surface area contributed by atoms with E-state index in [-0.39, 0.29) is 0 Å². The highest BCUT2D eigenvalue weighted by atomic mass is 79.9. The van der Waals surface area contributed by atoms with Gasteiger partial charge in [0.25, 0.3) is 0 Å². The molecule has 0 saturated carbocycles. The van der Waals surface area contributed by atoms with Gasteiger partial charge in [0.05, 0.1) is 0 Å². The Kier molecular flexibility index (Phi) is 22.5. The van der Waals surface area contributed by atoms with Gasteiger partial charge < -0.3 is 25.3 Å². The van der Waals surface area contributed by atoms with Gasteiger partial charge in [-0.15, -0.1) is 0 Å². The summed E-state index contributed by atoms with van der Waals surface area (Å²) in [5.74, 6) is 0. The summed E-state index contributed by atoms with van der Waals surface area (Å²) in [7, 11) is 0. The second-order valence-corrected chi connectivity index (χ2v) is 22.8. The molecule has 8 heteroatoms. The average Bonchev–Trinajstić information content (AvgIpc) is 2.25. The smallest absolute Gasteiger partial charge is 0.0452 e. The van der Waals surface area contributed by atoms with Gasteiger partial charge in [0, 0.05) is 85.9 Å². The normalized spacial score (nSPS) is 11.1. The van der Waals surface area contributed by atoms with Gasteiger partial charge in [-0.2, -0.15) is 0 Å². The zero-order valence-corrected chi connectivity index (χ0v) is 54.6. The molecule has 0 spiro atoms. The van der Waals surface area contributed by atoms with E-state index in [4.69, 9.17) is 0 Å². The van der Waals surface area contributed by atoms with E-state index in [9.17, 15) is 0 Å². The molecule has 0 bridgehead atoms. The minimum absolute atomic E-state index is 1.01. The fraction of sp³-hybridized carbons (Fsp3) is 0.270. The Balaban J connectivity index is 0.000000150. The van der Waals surface area contributed by atoms with E-state index >= 15 is 0 Å². The highest BCUT2D eigenvalue weighted by Gasteiger charge is 2.18. The summed E-state index contributed by atoms with van der Waals surface area (Å²) in [5.41, 5.74) is 4.01. The number of rotatable bonds is 13. The van der Waals surface area contributed by atoms with Crippen LogP contribution in [0.3, 0.4) is 0 Å². The molecule has 0 unspecified atom stereocenters. The molecule has 0 saturated heterocycles. The van der Waals surface area contributed by atoms with E-state index in [1.807, 2.05) is 0 Å². The number of hydrogen-bond acceptors (Lipinski definition) is 5. The molecule has 12 aromatic rings. The lowest BCUT2D eigenvalue weighted by Gasteiger charge is -2.27. The molecular formula is C74H82Br3N5. The lowest BCUT2D eigenvalue weighted by atomic mass is 9.94. The van der Waals surface area contributed by atoms with Gasteiger partial charge >= 0.3 is 0 Å². The van der Waals surface area contributed by atoms with Crippen molar-refractivity contribution < 1.29 is 0 Å². The standard InChI is InChI=1S/C26H30N2.C22H20BrN.C18H10Br2.2C4H11N/c1-5-27(6-2)25-17-23-20-14-10-12-16-22(20)26(28(7-3)8-4)18-24(23)19-13-9-11-15-21(19)25;1-3-24(4-2)22-14-20-15-9-5-7-11-17(15)21(23)13-19(20)16-10-6-8-12-18(16)22;19-17-10-16-12-6-2-4-8-14(12)18(20)9-15(16)11-5-1-3-7-13(11)17;2*1-3-5-4-2/h9-18H,5-8H2,1-4H3;5-14H,3-4H2,1-2H3;1-10H;2*5H,3-4H2,1-2H3. The fourth-order valence-corrected chi connectivity index (χ4v) is 13.4. The van der Waals surface area contributed by atoms with Crippen molar-refractivity contribution in [2.24, 2.45) is 0 Å². The highest BCUT2D eigenvalue weighted by Crippen LogP contribution is 2.43. The van der Waals surface area contributed by atoms with Gasteiger partial charge in [0.15, 0.2) is 0 Å². The van der Waals surface area contributed by atoms with Crippen LogP contribution in [0.5, 0.6) is 0 Å². The van der Waals surface area contributed by atoms with Gasteiger partial charge in [-0.3, -0.25) is 0 Å². The molecule has 0 aromatic heterocycles. The highest BCUT2D eigenvalue weighted by molar-refractivity contribution is 9.11. The zero-order valence-electron chi connectivity index (χ0n) is 49.9. The monoisotopic (exact) mass is 1280 g/mol. The molecule has 0 heterocycles. The number of nitrogens with zero attached hydrogens (tertiary/aromatic N) is 3. The van der Waals surface area contributed by atoms with E-state index in [0.717, 1.165) is 78.9 Å². The predicted octanol–water partition coefficient (Wildman–Crippen LogP) is 21.5. The van der Waals surface area contributed by atoms with Gasteiger partial charge in [0.1, 0.15) is 0 Å². The van der Waals surface area contributed by atoms with E-state index in [1.165, 1.54) is 114 Å². The molecule has 0 amide bonds. The second-order valence-electron chi connectivity index (χ2n) is 20.3. The van der Waals surface area contributed by atoms with E-state index in [0.29, 0.717) is 0 Å². The van der Waals surface area contributed by atoms with Gasteiger partial charge in [-0.25, -0.2) is 0 Å². The van der Waals surface area contributed by atoms with E-state index < -0.39 is 0 Å². The second kappa shape index (κ2) is 29.8. The van der Waals surface area contributed by atoms with Gasteiger partial charge in [-0.1, -0.05) is 221 Å². The summed E-state index contributed by atoms with van der Waals surface area (Å²) < 4.78 is 3.45. The van der Waals surface area contributed by atoms with Crippen LogP contribution in [0.15, 0.2) is 195 Å². The first-order valence-corrected chi connectivity index (χ1v) is 32.2. The SMILES string of the molecule is Brc1cc2c3ccccc3c(Br)cc2c2ccccc12.CCN(CC)c1cc2c3ccccc3c(Br)cc2c2ccccc12.CCN(CC)c1cc2c3ccccc3c(N(CC)CC)cc2c2ccccc12.CCNCC.CCNCC. The Morgan fingerprint density at radius 2 is 0.402 bits per heavy atom. The lowest BCUT2D eigenvalue weighted by Crippen LogP contribution is -2.22. The molecule has 0 radical (unpaired) electrons. The minimum atomic E-state index is 1.01. The molecule has 82 heavy (non-hydrogen) atoms. The lowest BCUT2D eigenvalue weighted by molar-refractivity contribution is 0.762. The molecule has 0 aliphatic rings. The molecule has 2 N–H and O–H groups in total. The summed E-state index contributed by atoms with van der Waals surface area (Å²) in [4.78, 5) is 7.38. The molecular weight excluding hydrogens is 1200 g/mol. The first-order chi connectivity index (χ1) is 40.1. The van der Waals surface area contributed by atoms with E-state index in [2.05, 4.69) is 324 Å². The van der Waals surface area contributed by atoms with Crippen LogP contribution in [0, 0.1) is 0 Å². The maximum absolute atomic E-state index is 3.77. The Bertz CT molecular complexity index is 3910. The number of anilines is 3. The van der Waals surface area contributed by atoms with Crippen molar-refractivity contribution >= 4 is 162 Å². The Labute approximate surface area is 513 Å². The number of nitrogens with one attached hydrogen (secondary N) is 2. The molecule has 5 nitrogen and oxygen atoms in total. The minimum Gasteiger partial charge on any atom is -0.372 e. The Morgan fingerprint density at radius 1 is 0.232 bits per heavy atom. The van der Waals surface area contributed by atoms with Crippen molar-refractivity contribution in [2.45, 2.75) is 69.2 Å². The topological polar surface area (TPSA) is 33.8 Å². The molecule has 0 atom stereocenters. The Hall–Kier alpha value is -6.26. The summed E-state index contributed by atoms with van der Waals surface area (Å²) in [6.45, 7) is 32.3. The third kappa shape index (κ3) is 13.2. The van der Waals surface area contributed by atoms with Crippen LogP contribution in [0.25, 0.3) is 97.0 Å². The van der Waals surface area contributed by atoms with Crippen molar-refractivity contribution in [2.75, 3.05) is 80.1 Å². The summed E-state index contributed by atoms with van der Waals surface area (Å²) >= 11 is 11.2. The fourth-order valence-electron chi connectivity index (χ4n) is 11.6. The van der Waals surface area contributed by atoms with E-state index in [1.54, 1.807) is 0 Å². The number of hydrogen-bond donors (Lipinski definition) is 2. The van der Waals surface area contributed by atoms with Crippen LogP contribution in [-0.4, -0.2) is 65.4 Å². The summed E-state index contributed by atoms with van der Waals surface area (Å²) in [5, 5.41) is 29.8. The van der Waals surface area contributed by atoms with Crippen LogP contribution >= 0.6 is 47.8 Å². The molecule has 0 aliphatic heterocycles. The average molecular weight is 1280 g/mol. The van der Waals surface area contributed by atoms with Gasteiger partial charge in [-0.05, 0) is 185 Å². The maximum Gasteiger partial charge on any atom is 0.0452 e. The van der Waals surface area contributed by atoms with Crippen LogP contribution < -0.4 is 25.3 Å². The van der Waals surface area contributed by atoms with Crippen LogP contribution in [0.4, 0.5) is 17.1 Å². The van der Waals surface area contributed by atoms with Crippen molar-refractivity contribution in [1.82, 2.24) is 10.6 Å². The first kappa shape index (κ1) is 61.8. The predicted molar refractivity (Wildman–Crippen MR) is 379 cm³/mol. The van der Waals surface area contributed by atoms with Crippen molar-refractivity contribution in [1.29, 1.82) is 0 Å². The van der Waals surface area contributed by atoms with Crippen molar-refractivity contribution in [3.05, 3.63) is 195 Å². The number of fused-ring (bicyclic) bond motifs is 15. The van der Waals surface area contributed by atoms with Crippen molar-refractivity contribution in [3.8, 4) is 0 Å². The molecule has 0 aliphatic carbocycles. The third-order valence-corrected chi connectivity index (χ3v) is 17.7. The third-order valence-electron chi connectivity index (χ3n) is 15.7. The van der Waals surface area contributed by atoms with Crippen LogP contribution in [-0.2, 0) is 0 Å². The molecule has 12 aromatic carbocycles. The quantitative estimate of drug-likeness (QED) is 0.112. The summed E-state index contributed by atoms with van der Waals surface area (Å²) in [6, 6.07) is 66.1. The molecule has 0 fully saturated rings. The first-order valence-electron chi connectivity index (χ1n) is 29.8. The number of benzene rings is 12. The van der Waals surface area contributed by atoms with Crippen LogP contribution in [0.2, 0.25) is 0 Å². The van der Waals surface area contributed by atoms with Crippen LogP contribution in [0.1, 0.15) is 69.2 Å². The molecule has 424 valence electrons. The summed E-state index contributed by atoms with van der Waals surface area (Å²) in [6.07, 6.45) is 0. The maximum atomic E-state index is 3.77. The Morgan fingerprint density at radius 3 is 0.585 bits per heavy atom. The van der Waals surface area contributed by atoms with Gasteiger partial charge in [0.2, 0.25) is 0 Å². The zero-order chi connectivity index (χ0) is 58.3. The number of halogens is 3.